The van der Waals surface area contributed by atoms with Crippen molar-refractivity contribution in [2.24, 2.45) is 5.41 Å². The second-order valence-electron chi connectivity index (χ2n) is 6.43. The van der Waals surface area contributed by atoms with E-state index in [1.54, 1.807) is 0 Å². The molecule has 1 nitrogen and oxygen atoms in total. The molecule has 1 fully saturated rings. The van der Waals surface area contributed by atoms with E-state index in [0.717, 1.165) is 13.1 Å². The van der Waals surface area contributed by atoms with E-state index in [2.05, 4.69) is 46.4 Å². The van der Waals surface area contributed by atoms with Gasteiger partial charge in [-0.05, 0) is 44.6 Å². The number of likely N-dealkylation sites (tertiary alicyclic amines) is 1. The van der Waals surface area contributed by atoms with Crippen LogP contribution < -0.4 is 0 Å². The molecule has 0 aromatic rings. The summed E-state index contributed by atoms with van der Waals surface area (Å²) in [4.78, 5) is 2.44. The lowest BCUT2D eigenvalue weighted by molar-refractivity contribution is -0.0211. The predicted molar refractivity (Wildman–Crippen MR) is 59.2 cm³/mol. The van der Waals surface area contributed by atoms with Crippen LogP contribution in [0.4, 0.5) is 0 Å². The summed E-state index contributed by atoms with van der Waals surface area (Å²) < 4.78 is 0. The maximum atomic E-state index is 6.33. The molecule has 0 aliphatic carbocycles. The molecule has 0 spiro atoms. The second kappa shape index (κ2) is 2.76. The van der Waals surface area contributed by atoms with Crippen molar-refractivity contribution >= 4 is 7.85 Å². The fourth-order valence-electron chi connectivity index (χ4n) is 1.58. The molecule has 0 aromatic carbocycles. The van der Waals surface area contributed by atoms with Gasteiger partial charge in [-0.2, -0.15) is 0 Å². The van der Waals surface area contributed by atoms with Crippen LogP contribution in [0.5, 0.6) is 0 Å². The molecule has 74 valence electrons. The van der Waals surface area contributed by atoms with Crippen molar-refractivity contribution < 1.29 is 0 Å². The predicted octanol–water partition coefficient (Wildman–Crippen LogP) is 2.47. The minimum absolute atomic E-state index is 0.0142. The molecule has 1 heterocycles. The monoisotopic (exact) mass is 179 g/mol. The summed E-state index contributed by atoms with van der Waals surface area (Å²) in [6, 6.07) is 0. The summed E-state index contributed by atoms with van der Waals surface area (Å²) in [6.07, 6.45) is 0. The Hall–Kier alpha value is 0.0249. The lowest BCUT2D eigenvalue weighted by atomic mass is 9.49. The van der Waals surface area contributed by atoms with E-state index in [1.807, 2.05) is 0 Å². The Balaban J connectivity index is 2.58. The summed E-state index contributed by atoms with van der Waals surface area (Å²) >= 11 is 0. The molecule has 0 saturated carbocycles. The van der Waals surface area contributed by atoms with Gasteiger partial charge in [-0.15, -0.1) is 0 Å². The van der Waals surface area contributed by atoms with Crippen molar-refractivity contribution in [2.75, 3.05) is 13.1 Å². The molecule has 2 radical (unpaired) electrons. The van der Waals surface area contributed by atoms with Gasteiger partial charge in [0.1, 0.15) is 0 Å². The summed E-state index contributed by atoms with van der Waals surface area (Å²) in [5.74, 6) is 0. The van der Waals surface area contributed by atoms with Gasteiger partial charge in [-0.25, -0.2) is 0 Å². The fourth-order valence-corrected chi connectivity index (χ4v) is 1.58. The fraction of sp³-hybridized carbons (Fsp3) is 1.00. The Labute approximate surface area is 84.3 Å². The minimum atomic E-state index is 0.0142. The Bertz CT molecular complexity index is 191. The van der Waals surface area contributed by atoms with Gasteiger partial charge in [0.05, 0.1) is 7.85 Å². The van der Waals surface area contributed by atoms with E-state index in [9.17, 15) is 0 Å². The van der Waals surface area contributed by atoms with Crippen LogP contribution in [0.3, 0.4) is 0 Å². The molecule has 2 heteroatoms. The maximum Gasteiger partial charge on any atom is 0.0788 e. The summed E-state index contributed by atoms with van der Waals surface area (Å²) in [5, 5.41) is 0.0142. The number of hydrogen-bond donors (Lipinski definition) is 0. The molecule has 0 N–H and O–H groups in total. The van der Waals surface area contributed by atoms with Crippen molar-refractivity contribution in [2.45, 2.75) is 52.4 Å². The van der Waals surface area contributed by atoms with Crippen molar-refractivity contribution in [1.82, 2.24) is 4.90 Å². The highest BCUT2D eigenvalue weighted by atomic mass is 15.3. The highest BCUT2D eigenvalue weighted by Gasteiger charge is 2.49. The lowest BCUT2D eigenvalue weighted by Crippen LogP contribution is -2.63. The zero-order valence-electron chi connectivity index (χ0n) is 9.94. The number of rotatable bonds is 0. The van der Waals surface area contributed by atoms with Crippen molar-refractivity contribution in [3.63, 3.8) is 0 Å². The molecule has 1 aliphatic rings. The van der Waals surface area contributed by atoms with Gasteiger partial charge >= 0.3 is 0 Å². The van der Waals surface area contributed by atoms with Gasteiger partial charge in [-0.3, -0.25) is 4.90 Å². The first-order valence-electron chi connectivity index (χ1n) is 5.10. The van der Waals surface area contributed by atoms with E-state index in [4.69, 9.17) is 7.85 Å². The van der Waals surface area contributed by atoms with Gasteiger partial charge in [0.15, 0.2) is 0 Å². The van der Waals surface area contributed by atoms with Crippen molar-refractivity contribution in [3.05, 3.63) is 0 Å². The molecule has 13 heavy (non-hydrogen) atoms. The van der Waals surface area contributed by atoms with E-state index < -0.39 is 0 Å². The summed E-state index contributed by atoms with van der Waals surface area (Å²) in [7, 11) is 6.33. The SMILES string of the molecule is [B]C1(C(C)(C)C)CN(C(C)(C)C)C1. The topological polar surface area (TPSA) is 3.24 Å². The zero-order valence-corrected chi connectivity index (χ0v) is 9.94. The van der Waals surface area contributed by atoms with Gasteiger partial charge in [0.2, 0.25) is 0 Å². The van der Waals surface area contributed by atoms with Crippen LogP contribution in [0.25, 0.3) is 0 Å². The third kappa shape index (κ3) is 1.93. The van der Waals surface area contributed by atoms with Crippen LogP contribution in [0, 0.1) is 5.41 Å². The van der Waals surface area contributed by atoms with Crippen molar-refractivity contribution in [3.8, 4) is 0 Å². The molecule has 1 saturated heterocycles. The molecule has 1 rings (SSSR count). The Morgan fingerprint density at radius 1 is 1.00 bits per heavy atom. The van der Waals surface area contributed by atoms with Crippen LogP contribution in [0.2, 0.25) is 5.31 Å². The zero-order chi connectivity index (χ0) is 10.5. The molecular weight excluding hydrogens is 157 g/mol. The molecule has 1 aliphatic heterocycles. The van der Waals surface area contributed by atoms with E-state index in [-0.39, 0.29) is 16.3 Å². The Morgan fingerprint density at radius 2 is 1.38 bits per heavy atom. The average Bonchev–Trinajstić information content (AvgIpc) is 1.75. The van der Waals surface area contributed by atoms with Gasteiger partial charge in [-0.1, -0.05) is 20.8 Å². The van der Waals surface area contributed by atoms with Gasteiger partial charge in [0.25, 0.3) is 0 Å². The Morgan fingerprint density at radius 3 is 1.62 bits per heavy atom. The third-order valence-electron chi connectivity index (χ3n) is 3.39. The normalized spacial score (nSPS) is 24.2. The van der Waals surface area contributed by atoms with Crippen LogP contribution in [-0.4, -0.2) is 31.4 Å². The third-order valence-corrected chi connectivity index (χ3v) is 3.39. The first-order valence-corrected chi connectivity index (χ1v) is 5.10. The highest BCUT2D eigenvalue weighted by molar-refractivity contribution is 6.17. The van der Waals surface area contributed by atoms with Crippen LogP contribution in [0.15, 0.2) is 0 Å². The quantitative estimate of drug-likeness (QED) is 0.516. The molecular formula is C11H22BN. The van der Waals surface area contributed by atoms with E-state index >= 15 is 0 Å². The number of nitrogens with zero attached hydrogens (tertiary/aromatic N) is 1. The lowest BCUT2D eigenvalue weighted by Gasteiger charge is -2.60. The van der Waals surface area contributed by atoms with E-state index in [1.165, 1.54) is 0 Å². The minimum Gasteiger partial charge on any atom is -0.299 e. The molecule has 0 amide bonds. The average molecular weight is 179 g/mol. The summed E-state index contributed by atoms with van der Waals surface area (Å²) in [6.45, 7) is 15.5. The summed E-state index contributed by atoms with van der Waals surface area (Å²) in [5.41, 5.74) is 0.489. The van der Waals surface area contributed by atoms with Crippen molar-refractivity contribution in [1.29, 1.82) is 0 Å². The van der Waals surface area contributed by atoms with Gasteiger partial charge in [0, 0.05) is 5.54 Å². The largest absolute Gasteiger partial charge is 0.299 e. The van der Waals surface area contributed by atoms with Gasteiger partial charge < -0.3 is 0 Å². The number of hydrogen-bond acceptors (Lipinski definition) is 1. The molecule has 0 atom stereocenters. The molecule has 0 unspecified atom stereocenters. The second-order valence-corrected chi connectivity index (χ2v) is 6.43. The standard InChI is InChI=1S/C11H22BN/c1-9(2,3)11(12)7-13(8-11)10(4,5)6/h7-8H2,1-6H3. The first kappa shape index (κ1) is 11.1. The highest BCUT2D eigenvalue weighted by Crippen LogP contribution is 2.51. The Kier molecular flexibility index (Phi) is 2.35. The van der Waals surface area contributed by atoms with E-state index in [0.29, 0.717) is 0 Å². The molecule has 0 aromatic heterocycles. The maximum absolute atomic E-state index is 6.33. The van der Waals surface area contributed by atoms with Crippen LogP contribution >= 0.6 is 0 Å². The smallest absolute Gasteiger partial charge is 0.0788 e. The molecule has 0 bridgehead atoms. The van der Waals surface area contributed by atoms with Crippen LogP contribution in [0.1, 0.15) is 41.5 Å². The van der Waals surface area contributed by atoms with Crippen LogP contribution in [-0.2, 0) is 0 Å². The first-order chi connectivity index (χ1) is 5.56.